The summed E-state index contributed by atoms with van der Waals surface area (Å²) in [6.07, 6.45) is 4.46. The lowest BCUT2D eigenvalue weighted by molar-refractivity contribution is -0.117. The Morgan fingerprint density at radius 3 is 2.59 bits per heavy atom. The van der Waals surface area contributed by atoms with Crippen molar-refractivity contribution in [1.82, 2.24) is 14.5 Å². The standard InChI is InChI=1S/C23H21ClF2N4O2/c24-17-10-18(28-21(31)14-1-2-14)12-19(11-17)30-6-3-15-9-16(13-27-20(15)30)22(32)29-7-4-23(25,26)5-8-29/h3,6,9-14H,1-2,4-5,7-8H2,(H,28,31). The van der Waals surface area contributed by atoms with Crippen molar-refractivity contribution in [3.05, 3.63) is 53.3 Å². The monoisotopic (exact) mass is 458 g/mol. The Morgan fingerprint density at radius 1 is 1.12 bits per heavy atom. The van der Waals surface area contributed by atoms with Crippen molar-refractivity contribution in [3.63, 3.8) is 0 Å². The van der Waals surface area contributed by atoms with Crippen LogP contribution >= 0.6 is 11.6 Å². The van der Waals surface area contributed by atoms with Gasteiger partial charge in [0.2, 0.25) is 5.91 Å². The molecule has 2 fully saturated rings. The van der Waals surface area contributed by atoms with Crippen LogP contribution in [0.1, 0.15) is 36.0 Å². The molecule has 1 saturated heterocycles. The second-order valence-corrected chi connectivity index (χ2v) is 8.87. The van der Waals surface area contributed by atoms with E-state index in [1.54, 1.807) is 18.2 Å². The van der Waals surface area contributed by atoms with Crippen molar-refractivity contribution in [2.45, 2.75) is 31.6 Å². The van der Waals surface area contributed by atoms with Crippen LogP contribution in [0.2, 0.25) is 5.02 Å². The van der Waals surface area contributed by atoms with Gasteiger partial charge in [-0.15, -0.1) is 0 Å². The number of alkyl halides is 2. The number of anilines is 1. The SMILES string of the molecule is O=C(Nc1cc(Cl)cc(-n2ccc3cc(C(=O)N4CCC(F)(F)CC4)cnc32)c1)C1CC1. The van der Waals surface area contributed by atoms with Crippen LogP contribution in [0, 0.1) is 5.92 Å². The van der Waals surface area contributed by atoms with Crippen LogP contribution in [0.25, 0.3) is 16.7 Å². The van der Waals surface area contributed by atoms with Gasteiger partial charge in [-0.2, -0.15) is 0 Å². The van der Waals surface area contributed by atoms with Gasteiger partial charge >= 0.3 is 0 Å². The van der Waals surface area contributed by atoms with Crippen molar-refractivity contribution in [3.8, 4) is 5.69 Å². The number of hydrogen-bond acceptors (Lipinski definition) is 3. The number of nitrogens with zero attached hydrogens (tertiary/aromatic N) is 3. The summed E-state index contributed by atoms with van der Waals surface area (Å²) in [5, 5.41) is 4.11. The van der Waals surface area contributed by atoms with Gasteiger partial charge in [-0.3, -0.25) is 9.59 Å². The maximum atomic E-state index is 13.4. The van der Waals surface area contributed by atoms with Crippen molar-refractivity contribution >= 4 is 40.1 Å². The van der Waals surface area contributed by atoms with E-state index in [9.17, 15) is 18.4 Å². The Bertz CT molecular complexity index is 1210. The largest absolute Gasteiger partial charge is 0.338 e. The van der Waals surface area contributed by atoms with Gasteiger partial charge in [-0.1, -0.05) is 11.6 Å². The zero-order valence-electron chi connectivity index (χ0n) is 17.2. The molecule has 1 saturated carbocycles. The third kappa shape index (κ3) is 4.19. The molecule has 3 aromatic rings. The molecule has 2 aromatic heterocycles. The van der Waals surface area contributed by atoms with E-state index < -0.39 is 5.92 Å². The van der Waals surface area contributed by atoms with Crippen molar-refractivity contribution in [2.75, 3.05) is 18.4 Å². The molecular formula is C23H21ClF2N4O2. The summed E-state index contributed by atoms with van der Waals surface area (Å²) < 4.78 is 28.6. The van der Waals surface area contributed by atoms with Gasteiger partial charge in [0.1, 0.15) is 5.65 Å². The summed E-state index contributed by atoms with van der Waals surface area (Å²) in [6, 6.07) is 8.83. The summed E-state index contributed by atoms with van der Waals surface area (Å²) in [7, 11) is 0. The van der Waals surface area contributed by atoms with E-state index in [1.165, 1.54) is 11.1 Å². The van der Waals surface area contributed by atoms with Gasteiger partial charge in [0.15, 0.2) is 0 Å². The Balaban J connectivity index is 1.40. The van der Waals surface area contributed by atoms with Crippen molar-refractivity contribution < 1.29 is 18.4 Å². The van der Waals surface area contributed by atoms with Gasteiger partial charge in [0.25, 0.3) is 11.8 Å². The Hall–Kier alpha value is -3.00. The second-order valence-electron chi connectivity index (χ2n) is 8.43. The molecule has 0 bridgehead atoms. The number of aromatic nitrogens is 2. The summed E-state index contributed by atoms with van der Waals surface area (Å²) in [5.41, 5.74) is 2.32. The lowest BCUT2D eigenvalue weighted by Crippen LogP contribution is -2.42. The van der Waals surface area contributed by atoms with Crippen molar-refractivity contribution in [1.29, 1.82) is 0 Å². The maximum Gasteiger partial charge on any atom is 0.255 e. The zero-order valence-corrected chi connectivity index (χ0v) is 17.9. The number of halogens is 3. The quantitative estimate of drug-likeness (QED) is 0.604. The first-order valence-electron chi connectivity index (χ1n) is 10.6. The van der Waals surface area contributed by atoms with E-state index in [0.29, 0.717) is 21.9 Å². The number of piperidine rings is 1. The Kier molecular flexibility index (Phi) is 5.12. The first-order valence-corrected chi connectivity index (χ1v) is 10.9. The minimum atomic E-state index is -2.70. The summed E-state index contributed by atoms with van der Waals surface area (Å²) in [5.74, 6) is -2.93. The smallest absolute Gasteiger partial charge is 0.255 e. The summed E-state index contributed by atoms with van der Waals surface area (Å²) in [6.45, 7) is 0.0610. The molecule has 166 valence electrons. The van der Waals surface area contributed by atoms with Crippen LogP contribution in [0.3, 0.4) is 0 Å². The number of hydrogen-bond donors (Lipinski definition) is 1. The third-order valence-corrected chi connectivity index (χ3v) is 6.15. The van der Waals surface area contributed by atoms with Gasteiger partial charge < -0.3 is 14.8 Å². The molecule has 1 aliphatic carbocycles. The maximum absolute atomic E-state index is 13.4. The summed E-state index contributed by atoms with van der Waals surface area (Å²) in [4.78, 5) is 30.8. The molecule has 0 radical (unpaired) electrons. The van der Waals surface area contributed by atoms with E-state index >= 15 is 0 Å². The molecule has 5 rings (SSSR count). The van der Waals surface area contributed by atoms with E-state index in [4.69, 9.17) is 11.6 Å². The lowest BCUT2D eigenvalue weighted by atomic mass is 10.1. The highest BCUT2D eigenvalue weighted by molar-refractivity contribution is 6.31. The number of benzene rings is 1. The molecule has 0 spiro atoms. The molecule has 9 heteroatoms. The van der Waals surface area contributed by atoms with E-state index in [0.717, 1.165) is 23.9 Å². The highest BCUT2D eigenvalue weighted by atomic mass is 35.5. The average molecular weight is 459 g/mol. The van der Waals surface area contributed by atoms with Crippen LogP contribution in [0.15, 0.2) is 42.7 Å². The van der Waals surface area contributed by atoms with E-state index in [1.807, 2.05) is 22.9 Å². The minimum Gasteiger partial charge on any atom is -0.338 e. The van der Waals surface area contributed by atoms with Gasteiger partial charge in [0, 0.05) is 60.3 Å². The van der Waals surface area contributed by atoms with Gasteiger partial charge in [-0.05, 0) is 43.2 Å². The molecule has 6 nitrogen and oxygen atoms in total. The fraction of sp³-hybridized carbons (Fsp3) is 0.348. The van der Waals surface area contributed by atoms with Crippen LogP contribution in [0.4, 0.5) is 14.5 Å². The second kappa shape index (κ2) is 7.85. The van der Waals surface area contributed by atoms with Gasteiger partial charge in [-0.25, -0.2) is 13.8 Å². The number of likely N-dealkylation sites (tertiary alicyclic amines) is 1. The normalized spacial score (nSPS) is 18.0. The highest BCUT2D eigenvalue weighted by Gasteiger charge is 2.36. The Labute approximate surface area is 188 Å². The average Bonchev–Trinajstić information content (AvgIpc) is 3.52. The fourth-order valence-corrected chi connectivity index (χ4v) is 4.17. The number of carbonyl (C=O) groups is 2. The zero-order chi connectivity index (χ0) is 22.5. The fourth-order valence-electron chi connectivity index (χ4n) is 3.94. The molecule has 2 amide bonds. The number of nitrogens with one attached hydrogen (secondary N) is 1. The number of rotatable bonds is 4. The molecule has 32 heavy (non-hydrogen) atoms. The highest BCUT2D eigenvalue weighted by Crippen LogP contribution is 2.32. The predicted octanol–water partition coefficient (Wildman–Crippen LogP) is 4.90. The number of fused-ring (bicyclic) bond motifs is 1. The summed E-state index contributed by atoms with van der Waals surface area (Å²) >= 11 is 6.28. The number of carbonyl (C=O) groups excluding carboxylic acids is 2. The Morgan fingerprint density at radius 2 is 1.88 bits per heavy atom. The molecule has 0 atom stereocenters. The van der Waals surface area contributed by atoms with Crippen molar-refractivity contribution in [2.24, 2.45) is 5.92 Å². The molecule has 2 aliphatic rings. The molecule has 1 aliphatic heterocycles. The van der Waals surface area contributed by atoms with E-state index in [2.05, 4.69) is 10.3 Å². The number of pyridine rings is 1. The molecule has 0 unspecified atom stereocenters. The predicted molar refractivity (Wildman–Crippen MR) is 118 cm³/mol. The molecule has 3 heterocycles. The van der Waals surface area contributed by atoms with E-state index in [-0.39, 0.29) is 43.7 Å². The first-order chi connectivity index (χ1) is 15.3. The molecule has 1 aromatic carbocycles. The van der Waals surface area contributed by atoms with Crippen LogP contribution in [0.5, 0.6) is 0 Å². The topological polar surface area (TPSA) is 67.2 Å². The molecular weight excluding hydrogens is 438 g/mol. The van der Waals surface area contributed by atoms with Crippen LogP contribution in [-0.2, 0) is 4.79 Å². The number of amides is 2. The minimum absolute atomic E-state index is 0.00710. The van der Waals surface area contributed by atoms with Gasteiger partial charge in [0.05, 0.1) is 11.3 Å². The lowest BCUT2D eigenvalue weighted by Gasteiger charge is -2.31. The van der Waals surface area contributed by atoms with Crippen LogP contribution < -0.4 is 5.32 Å². The molecule has 1 N–H and O–H groups in total. The van der Waals surface area contributed by atoms with Crippen LogP contribution in [-0.4, -0.2) is 45.3 Å². The third-order valence-electron chi connectivity index (χ3n) is 5.93. The first kappa shape index (κ1) is 20.9.